The van der Waals surface area contributed by atoms with Gasteiger partial charge in [0.1, 0.15) is 5.82 Å². The van der Waals surface area contributed by atoms with Gasteiger partial charge in [0, 0.05) is 35.9 Å². The predicted molar refractivity (Wildman–Crippen MR) is 123 cm³/mol. The van der Waals surface area contributed by atoms with E-state index in [0.29, 0.717) is 17.9 Å². The van der Waals surface area contributed by atoms with E-state index in [1.165, 1.54) is 16.6 Å². The minimum atomic E-state index is -0.680. The van der Waals surface area contributed by atoms with E-state index < -0.39 is 5.97 Å². The number of nitrogens with zero attached hydrogens (tertiary/aromatic N) is 1. The van der Waals surface area contributed by atoms with Crippen LogP contribution in [0.1, 0.15) is 67.2 Å². The fourth-order valence-corrected chi connectivity index (χ4v) is 5.81. The van der Waals surface area contributed by atoms with Gasteiger partial charge in [0.25, 0.3) is 0 Å². The highest BCUT2D eigenvalue weighted by Gasteiger charge is 2.34. The van der Waals surface area contributed by atoms with Crippen molar-refractivity contribution in [3.05, 3.63) is 65.1 Å². The van der Waals surface area contributed by atoms with Gasteiger partial charge in [-0.15, -0.1) is 0 Å². The summed E-state index contributed by atoms with van der Waals surface area (Å²) in [5.74, 6) is -0.613. The van der Waals surface area contributed by atoms with Gasteiger partial charge in [-0.05, 0) is 80.3 Å². The maximum absolute atomic E-state index is 14.1. The van der Waals surface area contributed by atoms with Gasteiger partial charge in [-0.25, -0.2) is 4.39 Å². The number of hydrogen-bond acceptors (Lipinski definition) is 2. The molecule has 2 aliphatic rings. The number of rotatable bonds is 4. The summed E-state index contributed by atoms with van der Waals surface area (Å²) in [5.41, 5.74) is 5.30. The van der Waals surface area contributed by atoms with Crippen molar-refractivity contribution in [1.29, 1.82) is 0 Å². The first-order chi connectivity index (χ1) is 15.5. The lowest BCUT2D eigenvalue weighted by Gasteiger charge is -2.31. The standard InChI is InChI=1S/C27H30FNO3/c1-17-15-21(9-10-23(17)28)29-24-8-3-2-7-22(24)25(26(29)18-11-13-32-14-12-18)19-5-4-6-20(16-19)27(30)31/h2-3,7-10,15,18-20H,4-6,11-14,16H2,1H3,(H,30,31). The van der Waals surface area contributed by atoms with Crippen molar-refractivity contribution < 1.29 is 19.0 Å². The van der Waals surface area contributed by atoms with E-state index in [-0.39, 0.29) is 17.7 Å². The molecule has 2 aromatic carbocycles. The van der Waals surface area contributed by atoms with E-state index in [4.69, 9.17) is 4.74 Å². The Morgan fingerprint density at radius 1 is 1.06 bits per heavy atom. The number of halogens is 1. The normalized spacial score (nSPS) is 22.3. The summed E-state index contributed by atoms with van der Waals surface area (Å²) in [5, 5.41) is 10.9. The molecular formula is C27H30FNO3. The molecule has 5 heteroatoms. The maximum Gasteiger partial charge on any atom is 0.306 e. The van der Waals surface area contributed by atoms with Crippen molar-refractivity contribution in [3.8, 4) is 5.69 Å². The van der Waals surface area contributed by atoms with Crippen molar-refractivity contribution in [2.24, 2.45) is 5.92 Å². The zero-order valence-electron chi connectivity index (χ0n) is 18.5. The molecule has 5 rings (SSSR count). The Balaban J connectivity index is 1.75. The summed E-state index contributed by atoms with van der Waals surface area (Å²) in [6.07, 6.45) is 5.27. The largest absolute Gasteiger partial charge is 0.481 e. The second-order valence-electron chi connectivity index (χ2n) is 9.37. The molecule has 2 atom stereocenters. The second-order valence-corrected chi connectivity index (χ2v) is 9.37. The van der Waals surface area contributed by atoms with Gasteiger partial charge in [-0.3, -0.25) is 4.79 Å². The number of aliphatic carboxylic acids is 1. The van der Waals surface area contributed by atoms with Crippen molar-refractivity contribution >= 4 is 16.9 Å². The lowest BCUT2D eigenvalue weighted by molar-refractivity contribution is -0.142. The second kappa shape index (κ2) is 8.70. The average Bonchev–Trinajstić information content (AvgIpc) is 3.17. The molecule has 2 fully saturated rings. The number of carboxylic acid groups (broad SMARTS) is 1. The molecule has 32 heavy (non-hydrogen) atoms. The third-order valence-corrected chi connectivity index (χ3v) is 7.39. The molecule has 168 valence electrons. The van der Waals surface area contributed by atoms with Crippen molar-refractivity contribution in [2.75, 3.05) is 13.2 Å². The first-order valence-corrected chi connectivity index (χ1v) is 11.7. The quantitative estimate of drug-likeness (QED) is 0.521. The number of aryl methyl sites for hydroxylation is 1. The van der Waals surface area contributed by atoms with E-state index in [1.54, 1.807) is 13.0 Å². The van der Waals surface area contributed by atoms with E-state index in [0.717, 1.165) is 56.5 Å². The first kappa shape index (κ1) is 21.2. The highest BCUT2D eigenvalue weighted by molar-refractivity contribution is 5.88. The molecule has 0 radical (unpaired) electrons. The third-order valence-electron chi connectivity index (χ3n) is 7.39. The van der Waals surface area contributed by atoms with E-state index in [1.807, 2.05) is 18.2 Å². The molecule has 1 N–H and O–H groups in total. The van der Waals surface area contributed by atoms with Crippen LogP contribution in [0.15, 0.2) is 42.5 Å². The zero-order chi connectivity index (χ0) is 22.2. The fourth-order valence-electron chi connectivity index (χ4n) is 5.81. The van der Waals surface area contributed by atoms with Gasteiger partial charge in [-0.2, -0.15) is 0 Å². The third kappa shape index (κ3) is 3.73. The van der Waals surface area contributed by atoms with Gasteiger partial charge in [-0.1, -0.05) is 24.6 Å². The van der Waals surface area contributed by atoms with Crippen LogP contribution in [0.5, 0.6) is 0 Å². The highest BCUT2D eigenvalue weighted by atomic mass is 19.1. The number of fused-ring (bicyclic) bond motifs is 1. The molecule has 3 aromatic rings. The fraction of sp³-hybridized carbons (Fsp3) is 0.444. The smallest absolute Gasteiger partial charge is 0.306 e. The molecule has 1 aromatic heterocycles. The van der Waals surface area contributed by atoms with Crippen molar-refractivity contribution in [2.45, 2.75) is 57.3 Å². The molecule has 0 spiro atoms. The maximum atomic E-state index is 14.1. The summed E-state index contributed by atoms with van der Waals surface area (Å²) >= 11 is 0. The summed E-state index contributed by atoms with van der Waals surface area (Å²) in [6.45, 7) is 3.27. The van der Waals surface area contributed by atoms with Gasteiger partial charge in [0.15, 0.2) is 0 Å². The SMILES string of the molecule is Cc1cc(-n2c(C3CCOCC3)c(C3CCCC(C(=O)O)C3)c3ccccc32)ccc1F. The van der Waals surface area contributed by atoms with Crippen LogP contribution >= 0.6 is 0 Å². The van der Waals surface area contributed by atoms with E-state index in [2.05, 4.69) is 22.8 Å². The summed E-state index contributed by atoms with van der Waals surface area (Å²) in [4.78, 5) is 11.8. The van der Waals surface area contributed by atoms with Crippen LogP contribution in [0.3, 0.4) is 0 Å². The van der Waals surface area contributed by atoms with Crippen LogP contribution in [-0.4, -0.2) is 28.9 Å². The Labute approximate surface area is 188 Å². The van der Waals surface area contributed by atoms with Gasteiger partial charge in [0.2, 0.25) is 0 Å². The summed E-state index contributed by atoms with van der Waals surface area (Å²) < 4.78 is 22.1. The van der Waals surface area contributed by atoms with E-state index in [9.17, 15) is 14.3 Å². The molecular weight excluding hydrogens is 405 g/mol. The lowest BCUT2D eigenvalue weighted by atomic mass is 9.75. The van der Waals surface area contributed by atoms with Gasteiger partial charge < -0.3 is 14.4 Å². The Morgan fingerprint density at radius 2 is 1.84 bits per heavy atom. The lowest BCUT2D eigenvalue weighted by Crippen LogP contribution is -2.24. The average molecular weight is 436 g/mol. The number of hydrogen-bond donors (Lipinski definition) is 1. The Morgan fingerprint density at radius 3 is 2.59 bits per heavy atom. The molecule has 1 aliphatic heterocycles. The van der Waals surface area contributed by atoms with Crippen molar-refractivity contribution in [3.63, 3.8) is 0 Å². The topological polar surface area (TPSA) is 51.5 Å². The minimum absolute atomic E-state index is 0.199. The van der Waals surface area contributed by atoms with Gasteiger partial charge in [0.05, 0.1) is 11.4 Å². The Hall–Kier alpha value is -2.66. The van der Waals surface area contributed by atoms with Gasteiger partial charge >= 0.3 is 5.97 Å². The number of carbonyl (C=O) groups is 1. The number of aromatic nitrogens is 1. The molecule has 1 aliphatic carbocycles. The monoisotopic (exact) mass is 435 g/mol. The summed E-state index contributed by atoms with van der Waals surface area (Å²) in [7, 11) is 0. The molecule has 2 heterocycles. The van der Waals surface area contributed by atoms with Crippen LogP contribution in [0.4, 0.5) is 4.39 Å². The predicted octanol–water partition coefficient (Wildman–Crippen LogP) is 6.33. The summed E-state index contributed by atoms with van der Waals surface area (Å²) in [6, 6.07) is 13.8. The molecule has 0 amide bonds. The van der Waals surface area contributed by atoms with Crippen molar-refractivity contribution in [1.82, 2.24) is 4.57 Å². The van der Waals surface area contributed by atoms with Crippen LogP contribution < -0.4 is 0 Å². The molecule has 0 bridgehead atoms. The number of benzene rings is 2. The van der Waals surface area contributed by atoms with Crippen LogP contribution in [0.2, 0.25) is 0 Å². The molecule has 1 saturated carbocycles. The van der Waals surface area contributed by atoms with Crippen LogP contribution in [0, 0.1) is 18.7 Å². The van der Waals surface area contributed by atoms with Crippen LogP contribution in [0.25, 0.3) is 16.6 Å². The molecule has 2 unspecified atom stereocenters. The highest BCUT2D eigenvalue weighted by Crippen LogP contribution is 2.46. The zero-order valence-corrected chi connectivity index (χ0v) is 18.5. The number of carboxylic acids is 1. The molecule has 1 saturated heterocycles. The van der Waals surface area contributed by atoms with Crippen LogP contribution in [-0.2, 0) is 9.53 Å². The van der Waals surface area contributed by atoms with E-state index >= 15 is 0 Å². The Bertz CT molecular complexity index is 1150. The minimum Gasteiger partial charge on any atom is -0.481 e. The number of para-hydroxylation sites is 1. The molecule has 4 nitrogen and oxygen atoms in total. The Kier molecular flexibility index (Phi) is 5.76. The number of ether oxygens (including phenoxy) is 1. The first-order valence-electron chi connectivity index (χ1n) is 11.7.